The number of hydrogen-bond donors (Lipinski definition) is 2. The summed E-state index contributed by atoms with van der Waals surface area (Å²) >= 11 is 1.67. The average Bonchev–Trinajstić information content (AvgIpc) is 2.92. The molecule has 3 unspecified atom stereocenters. The Hall–Kier alpha value is -3.10. The fourth-order valence-corrected chi connectivity index (χ4v) is 7.37. The third kappa shape index (κ3) is 5.24. The Morgan fingerprint density at radius 2 is 1.95 bits per heavy atom. The molecule has 0 amide bonds. The maximum absolute atomic E-state index is 11.5. The van der Waals surface area contributed by atoms with Crippen molar-refractivity contribution in [2.45, 2.75) is 55.0 Å². The van der Waals surface area contributed by atoms with Crippen LogP contribution in [-0.2, 0) is 11.3 Å². The van der Waals surface area contributed by atoms with Crippen molar-refractivity contribution in [3.05, 3.63) is 66.0 Å². The van der Waals surface area contributed by atoms with E-state index >= 15 is 0 Å². The van der Waals surface area contributed by atoms with Crippen LogP contribution in [0, 0.1) is 17.8 Å². The molecule has 3 aliphatic rings. The van der Waals surface area contributed by atoms with Crippen molar-refractivity contribution in [3.8, 4) is 5.75 Å². The summed E-state index contributed by atoms with van der Waals surface area (Å²) in [6.07, 6.45) is 8.37. The molecule has 2 N–H and O–H groups in total. The van der Waals surface area contributed by atoms with E-state index < -0.39 is 11.9 Å². The second-order valence-electron chi connectivity index (χ2n) is 10.8. The third-order valence-electron chi connectivity index (χ3n) is 8.39. The van der Waals surface area contributed by atoms with Crippen molar-refractivity contribution in [2.75, 3.05) is 25.0 Å². The van der Waals surface area contributed by atoms with Gasteiger partial charge in [0.1, 0.15) is 10.8 Å². The molecule has 1 aromatic heterocycles. The second-order valence-corrected chi connectivity index (χ2v) is 11.8. The fourth-order valence-electron chi connectivity index (χ4n) is 6.49. The molecular formula is C30H34N4O3S. The fraction of sp³-hybridized carbons (Fsp3) is 0.433. The maximum atomic E-state index is 11.5. The highest BCUT2D eigenvalue weighted by Gasteiger charge is 2.39. The Kier molecular flexibility index (Phi) is 7.26. The van der Waals surface area contributed by atoms with E-state index in [0.29, 0.717) is 30.1 Å². The van der Waals surface area contributed by atoms with Gasteiger partial charge in [0.05, 0.1) is 18.2 Å². The first-order valence-corrected chi connectivity index (χ1v) is 14.4. The molecule has 3 aromatic rings. The summed E-state index contributed by atoms with van der Waals surface area (Å²) in [5, 5.41) is 13.8. The van der Waals surface area contributed by atoms with Crippen LogP contribution in [0.3, 0.4) is 0 Å². The van der Waals surface area contributed by atoms with Crippen molar-refractivity contribution < 1.29 is 14.6 Å². The number of aromatic nitrogens is 2. The standard InChI is InChI=1S/C30H34N4O3S/c1-19(30(35)36)23-7-2-3-8-26(23)37-14-11-24-21-5-4-6-22(24)18-34(17-21)16-20-9-10-27-25(15-20)33-28-29(38-27)32-13-12-31-28/h2-3,7-10,12-13,15,19,21-22,24H,4-6,11,14,16-18H2,1H3,(H,31,33)(H,35,36). The van der Waals surface area contributed by atoms with E-state index in [-0.39, 0.29) is 0 Å². The summed E-state index contributed by atoms with van der Waals surface area (Å²) in [7, 11) is 0. The van der Waals surface area contributed by atoms with Crippen LogP contribution in [0.15, 0.2) is 64.8 Å². The Labute approximate surface area is 228 Å². The number of nitrogens with one attached hydrogen (secondary N) is 1. The molecule has 2 fully saturated rings. The second kappa shape index (κ2) is 10.9. The van der Waals surface area contributed by atoms with Crippen LogP contribution in [0.1, 0.15) is 49.7 Å². The summed E-state index contributed by atoms with van der Waals surface area (Å²) < 4.78 is 6.18. The van der Waals surface area contributed by atoms with E-state index in [4.69, 9.17) is 4.74 Å². The number of carboxylic acids is 1. The number of piperidine rings is 1. The number of carboxylic acid groups (broad SMARTS) is 1. The normalized spacial score (nSPS) is 23.0. The van der Waals surface area contributed by atoms with Gasteiger partial charge in [-0.1, -0.05) is 42.4 Å². The lowest BCUT2D eigenvalue weighted by Crippen LogP contribution is -2.48. The minimum absolute atomic E-state index is 0.575. The summed E-state index contributed by atoms with van der Waals surface area (Å²) in [5.74, 6) is 2.18. The predicted octanol–water partition coefficient (Wildman–Crippen LogP) is 6.19. The van der Waals surface area contributed by atoms with Gasteiger partial charge in [0.25, 0.3) is 0 Å². The van der Waals surface area contributed by atoms with Crippen LogP contribution in [-0.4, -0.2) is 45.6 Å². The third-order valence-corrected chi connectivity index (χ3v) is 9.45. The average molecular weight is 531 g/mol. The quantitative estimate of drug-likeness (QED) is 0.279. The van der Waals surface area contributed by atoms with Gasteiger partial charge >= 0.3 is 5.97 Å². The summed E-state index contributed by atoms with van der Waals surface area (Å²) in [6.45, 7) is 5.57. The number of fused-ring (bicyclic) bond motifs is 4. The highest BCUT2D eigenvalue weighted by Crippen LogP contribution is 2.44. The van der Waals surface area contributed by atoms with E-state index in [9.17, 15) is 9.90 Å². The van der Waals surface area contributed by atoms with Gasteiger partial charge < -0.3 is 15.2 Å². The first-order valence-electron chi connectivity index (χ1n) is 13.6. The van der Waals surface area contributed by atoms with E-state index in [0.717, 1.165) is 48.1 Å². The molecule has 3 atom stereocenters. The van der Waals surface area contributed by atoms with Crippen molar-refractivity contribution in [2.24, 2.45) is 17.8 Å². The number of para-hydroxylation sites is 1. The molecule has 6 rings (SSSR count). The molecule has 0 radical (unpaired) electrons. The zero-order chi connectivity index (χ0) is 26.1. The summed E-state index contributed by atoms with van der Waals surface area (Å²) in [5.41, 5.74) is 3.20. The van der Waals surface area contributed by atoms with Crippen LogP contribution in [0.4, 0.5) is 11.5 Å². The number of carbonyl (C=O) groups is 1. The van der Waals surface area contributed by atoms with Crippen LogP contribution in [0.2, 0.25) is 0 Å². The molecule has 8 heteroatoms. The zero-order valence-corrected chi connectivity index (χ0v) is 22.5. The number of aliphatic carboxylic acids is 1. The lowest BCUT2D eigenvalue weighted by Gasteiger charge is -2.47. The molecule has 1 saturated heterocycles. The molecule has 3 heterocycles. The van der Waals surface area contributed by atoms with Gasteiger partial charge in [0.15, 0.2) is 5.82 Å². The smallest absolute Gasteiger partial charge is 0.310 e. The van der Waals surface area contributed by atoms with Crippen molar-refractivity contribution in [3.63, 3.8) is 0 Å². The van der Waals surface area contributed by atoms with Crippen molar-refractivity contribution in [1.82, 2.24) is 14.9 Å². The molecule has 2 aromatic carbocycles. The molecule has 7 nitrogen and oxygen atoms in total. The molecule has 1 saturated carbocycles. The first-order chi connectivity index (χ1) is 18.5. The molecule has 0 spiro atoms. The van der Waals surface area contributed by atoms with Gasteiger partial charge in [0.2, 0.25) is 0 Å². The SMILES string of the molecule is CC(C(=O)O)c1ccccc1OCCC1C2CCCC1CN(Cc1ccc3c(c1)Nc1nccnc1S3)C2. The summed E-state index contributed by atoms with van der Waals surface area (Å²) in [6, 6.07) is 14.3. The maximum Gasteiger partial charge on any atom is 0.310 e. The van der Waals surface area contributed by atoms with E-state index in [1.165, 1.54) is 29.7 Å². The lowest BCUT2D eigenvalue weighted by atomic mass is 9.67. The van der Waals surface area contributed by atoms with E-state index in [2.05, 4.69) is 38.4 Å². The largest absolute Gasteiger partial charge is 0.493 e. The molecular weight excluding hydrogens is 496 g/mol. The van der Waals surface area contributed by atoms with Crippen LogP contribution >= 0.6 is 11.8 Å². The Bertz CT molecular complexity index is 1300. The number of rotatable bonds is 8. The monoisotopic (exact) mass is 530 g/mol. The number of nitrogens with zero attached hydrogens (tertiary/aromatic N) is 3. The highest BCUT2D eigenvalue weighted by atomic mass is 32.2. The van der Waals surface area contributed by atoms with Gasteiger partial charge in [-0.25, -0.2) is 9.97 Å². The zero-order valence-electron chi connectivity index (χ0n) is 21.7. The van der Waals surface area contributed by atoms with Gasteiger partial charge in [-0.3, -0.25) is 9.69 Å². The first kappa shape index (κ1) is 25.2. The van der Waals surface area contributed by atoms with E-state index in [1.807, 2.05) is 24.3 Å². The minimum atomic E-state index is -0.824. The Morgan fingerprint density at radius 1 is 1.16 bits per heavy atom. The van der Waals surface area contributed by atoms with Gasteiger partial charge in [-0.15, -0.1) is 0 Å². The van der Waals surface area contributed by atoms with E-state index in [1.54, 1.807) is 31.1 Å². The predicted molar refractivity (Wildman–Crippen MR) is 148 cm³/mol. The Balaban J connectivity index is 1.07. The molecule has 198 valence electrons. The molecule has 2 bridgehead atoms. The lowest BCUT2D eigenvalue weighted by molar-refractivity contribution is -0.138. The number of benzene rings is 2. The van der Waals surface area contributed by atoms with Crippen molar-refractivity contribution in [1.29, 1.82) is 0 Å². The number of likely N-dealkylation sites (tertiary alicyclic amines) is 1. The molecule has 2 aliphatic heterocycles. The highest BCUT2D eigenvalue weighted by molar-refractivity contribution is 7.99. The molecule has 1 aliphatic carbocycles. The number of hydrogen-bond acceptors (Lipinski definition) is 7. The van der Waals surface area contributed by atoms with Gasteiger partial charge in [-0.2, -0.15) is 0 Å². The number of anilines is 2. The van der Waals surface area contributed by atoms with Crippen LogP contribution in [0.5, 0.6) is 5.75 Å². The summed E-state index contributed by atoms with van der Waals surface area (Å²) in [4.78, 5) is 24.2. The van der Waals surface area contributed by atoms with Gasteiger partial charge in [0, 0.05) is 42.5 Å². The van der Waals surface area contributed by atoms with Crippen LogP contribution < -0.4 is 10.1 Å². The van der Waals surface area contributed by atoms with Crippen LogP contribution in [0.25, 0.3) is 0 Å². The minimum Gasteiger partial charge on any atom is -0.493 e. The Morgan fingerprint density at radius 3 is 2.76 bits per heavy atom. The number of ether oxygens (including phenoxy) is 1. The van der Waals surface area contributed by atoms with Gasteiger partial charge in [-0.05, 0) is 67.7 Å². The van der Waals surface area contributed by atoms with Crippen molar-refractivity contribution >= 4 is 29.2 Å². The topological polar surface area (TPSA) is 87.6 Å². The molecule has 38 heavy (non-hydrogen) atoms.